The van der Waals surface area contributed by atoms with Gasteiger partial charge >= 0.3 is 5.97 Å². The number of nitrogens with zero attached hydrogens (tertiary/aromatic N) is 2. The minimum atomic E-state index is -1.18. The highest BCUT2D eigenvalue weighted by Gasteiger charge is 2.41. The average molecular weight is 377 g/mol. The molecule has 3 rings (SSSR count). The highest BCUT2D eigenvalue weighted by Crippen LogP contribution is 2.24. The molecular weight excluding hydrogens is 362 g/mol. The van der Waals surface area contributed by atoms with Crippen molar-refractivity contribution < 1.29 is 23.9 Å². The molecule has 140 valence electrons. The van der Waals surface area contributed by atoms with Crippen LogP contribution in [0.1, 0.15) is 33.2 Å². The van der Waals surface area contributed by atoms with Gasteiger partial charge in [-0.25, -0.2) is 4.79 Å². The number of anilines is 1. The van der Waals surface area contributed by atoms with E-state index >= 15 is 0 Å². The topological polar surface area (TPSA) is 117 Å². The van der Waals surface area contributed by atoms with Crippen LogP contribution in [-0.2, 0) is 14.3 Å². The van der Waals surface area contributed by atoms with Crippen LogP contribution in [-0.4, -0.2) is 41.2 Å². The molecule has 0 bridgehead atoms. The summed E-state index contributed by atoms with van der Waals surface area (Å²) in [6.07, 6.45) is 0. The zero-order valence-corrected chi connectivity index (χ0v) is 14.8. The van der Waals surface area contributed by atoms with E-state index in [0.717, 1.165) is 4.90 Å². The van der Waals surface area contributed by atoms with E-state index in [1.165, 1.54) is 25.1 Å². The zero-order chi connectivity index (χ0) is 20.3. The molecule has 8 heteroatoms. The summed E-state index contributed by atoms with van der Waals surface area (Å²) in [5.41, 5.74) is 1.20. The Morgan fingerprint density at radius 1 is 1.11 bits per heavy atom. The summed E-state index contributed by atoms with van der Waals surface area (Å²) < 4.78 is 4.94. The Labute approximate surface area is 160 Å². The fourth-order valence-electron chi connectivity index (χ4n) is 2.79. The lowest BCUT2D eigenvalue weighted by atomic mass is 10.1. The van der Waals surface area contributed by atoms with Crippen molar-refractivity contribution in [2.24, 2.45) is 0 Å². The van der Waals surface area contributed by atoms with Gasteiger partial charge in [0.2, 0.25) is 0 Å². The van der Waals surface area contributed by atoms with Crippen LogP contribution in [0.3, 0.4) is 0 Å². The Morgan fingerprint density at radius 2 is 1.75 bits per heavy atom. The van der Waals surface area contributed by atoms with Gasteiger partial charge in [0.25, 0.3) is 17.7 Å². The van der Waals surface area contributed by atoms with Gasteiger partial charge in [0, 0.05) is 5.69 Å². The number of nitriles is 1. The monoisotopic (exact) mass is 377 g/mol. The summed E-state index contributed by atoms with van der Waals surface area (Å²) in [6, 6.07) is 13.3. The number of carbonyl (C=O) groups excluding carboxylic acids is 4. The fraction of sp³-hybridized carbons (Fsp3) is 0.150. The largest absolute Gasteiger partial charge is 0.454 e. The summed E-state index contributed by atoms with van der Waals surface area (Å²) in [7, 11) is 0. The lowest BCUT2D eigenvalue weighted by Gasteiger charge is -2.20. The van der Waals surface area contributed by atoms with Crippen LogP contribution >= 0.6 is 0 Å². The molecule has 0 fully saturated rings. The summed E-state index contributed by atoms with van der Waals surface area (Å²) in [5.74, 6) is -2.65. The Morgan fingerprint density at radius 3 is 2.36 bits per heavy atom. The van der Waals surface area contributed by atoms with Crippen LogP contribution in [0.15, 0.2) is 48.5 Å². The Bertz CT molecular complexity index is 989. The van der Waals surface area contributed by atoms with E-state index in [1.54, 1.807) is 30.3 Å². The van der Waals surface area contributed by atoms with Crippen molar-refractivity contribution in [3.05, 3.63) is 65.2 Å². The molecule has 1 aliphatic rings. The molecule has 28 heavy (non-hydrogen) atoms. The molecule has 0 saturated heterocycles. The van der Waals surface area contributed by atoms with E-state index in [9.17, 15) is 19.2 Å². The summed E-state index contributed by atoms with van der Waals surface area (Å²) >= 11 is 0. The van der Waals surface area contributed by atoms with Gasteiger partial charge in [-0.2, -0.15) is 5.26 Å². The number of fused-ring (bicyclic) bond motifs is 1. The summed E-state index contributed by atoms with van der Waals surface area (Å²) in [6.45, 7) is 0.765. The molecule has 8 nitrogen and oxygen atoms in total. The van der Waals surface area contributed by atoms with Crippen molar-refractivity contribution >= 4 is 29.4 Å². The molecule has 3 amide bonds. The number of hydrogen-bond donors (Lipinski definition) is 1. The van der Waals surface area contributed by atoms with Crippen molar-refractivity contribution in [1.29, 1.82) is 5.26 Å². The summed E-state index contributed by atoms with van der Waals surface area (Å²) in [4.78, 5) is 49.8. The van der Waals surface area contributed by atoms with Crippen molar-refractivity contribution in [2.45, 2.75) is 13.0 Å². The Balaban J connectivity index is 1.59. The van der Waals surface area contributed by atoms with Gasteiger partial charge in [-0.3, -0.25) is 19.3 Å². The first-order chi connectivity index (χ1) is 13.4. The van der Waals surface area contributed by atoms with Crippen LogP contribution in [0.25, 0.3) is 0 Å². The number of benzene rings is 2. The number of ether oxygens (including phenoxy) is 1. The molecule has 0 unspecified atom stereocenters. The van der Waals surface area contributed by atoms with Crippen molar-refractivity contribution in [1.82, 2.24) is 4.90 Å². The van der Waals surface area contributed by atoms with E-state index in [1.807, 2.05) is 6.07 Å². The maximum absolute atomic E-state index is 12.4. The van der Waals surface area contributed by atoms with Crippen molar-refractivity contribution in [2.75, 3.05) is 11.9 Å². The normalized spacial score (nSPS) is 13.5. The van der Waals surface area contributed by atoms with E-state index in [4.69, 9.17) is 10.00 Å². The summed E-state index contributed by atoms with van der Waals surface area (Å²) in [5, 5.41) is 11.4. The fourth-order valence-corrected chi connectivity index (χ4v) is 2.79. The first-order valence-electron chi connectivity index (χ1n) is 8.36. The SMILES string of the molecule is C[C@@H](C(=O)OCC(=O)Nc1cccc(C#N)c1)N1C(=O)c2ccccc2C1=O. The molecular formula is C20H15N3O5. The van der Waals surface area contributed by atoms with Gasteiger partial charge < -0.3 is 10.1 Å². The molecule has 1 heterocycles. The standard InChI is InChI=1S/C20H15N3O5/c1-12(23-18(25)15-7-2-3-8-16(15)19(23)26)20(27)28-11-17(24)22-14-6-4-5-13(9-14)10-21/h2-9,12H,11H2,1H3,(H,22,24)/t12-/m0/s1. The lowest BCUT2D eigenvalue weighted by molar-refractivity contribution is -0.150. The molecule has 1 N–H and O–H groups in total. The van der Waals surface area contributed by atoms with Crippen LogP contribution in [0.5, 0.6) is 0 Å². The van der Waals surface area contributed by atoms with Gasteiger partial charge in [0.1, 0.15) is 6.04 Å². The molecule has 1 atom stereocenters. The first kappa shape index (κ1) is 18.8. The van der Waals surface area contributed by atoms with Crippen molar-refractivity contribution in [3.8, 4) is 6.07 Å². The highest BCUT2D eigenvalue weighted by molar-refractivity contribution is 6.22. The smallest absolute Gasteiger partial charge is 0.329 e. The lowest BCUT2D eigenvalue weighted by Crippen LogP contribution is -2.44. The molecule has 0 aliphatic carbocycles. The van der Waals surface area contributed by atoms with E-state index in [0.29, 0.717) is 11.3 Å². The molecule has 0 spiro atoms. The Kier molecular flexibility index (Phi) is 5.18. The maximum Gasteiger partial charge on any atom is 0.329 e. The van der Waals surface area contributed by atoms with E-state index in [2.05, 4.69) is 5.32 Å². The van der Waals surface area contributed by atoms with Gasteiger partial charge in [-0.1, -0.05) is 18.2 Å². The second kappa shape index (κ2) is 7.72. The third-order valence-corrected chi connectivity index (χ3v) is 4.17. The van der Waals surface area contributed by atoms with E-state index < -0.39 is 36.3 Å². The van der Waals surface area contributed by atoms with Crippen LogP contribution in [0.2, 0.25) is 0 Å². The predicted octanol–water partition coefficient (Wildman–Crippen LogP) is 1.72. The quantitative estimate of drug-likeness (QED) is 0.626. The number of amides is 3. The minimum absolute atomic E-state index is 0.224. The predicted molar refractivity (Wildman–Crippen MR) is 97.1 cm³/mol. The molecule has 0 aromatic heterocycles. The van der Waals surface area contributed by atoms with Crippen LogP contribution in [0, 0.1) is 11.3 Å². The molecule has 0 saturated carbocycles. The number of nitrogens with one attached hydrogen (secondary N) is 1. The number of carbonyl (C=O) groups is 4. The maximum atomic E-state index is 12.4. The van der Waals surface area contributed by atoms with Gasteiger partial charge in [-0.05, 0) is 37.3 Å². The molecule has 2 aromatic carbocycles. The zero-order valence-electron chi connectivity index (χ0n) is 14.8. The Hall–Kier alpha value is -3.99. The van der Waals surface area contributed by atoms with Gasteiger partial charge in [0.05, 0.1) is 22.8 Å². The third kappa shape index (κ3) is 3.59. The molecule has 1 aliphatic heterocycles. The van der Waals surface area contributed by atoms with Crippen LogP contribution < -0.4 is 5.32 Å². The second-order valence-electron chi connectivity index (χ2n) is 6.05. The highest BCUT2D eigenvalue weighted by atomic mass is 16.5. The third-order valence-electron chi connectivity index (χ3n) is 4.17. The number of hydrogen-bond acceptors (Lipinski definition) is 6. The van der Waals surface area contributed by atoms with Crippen LogP contribution in [0.4, 0.5) is 5.69 Å². The molecule has 0 radical (unpaired) electrons. The molecule has 2 aromatic rings. The first-order valence-corrected chi connectivity index (χ1v) is 8.36. The van der Waals surface area contributed by atoms with Gasteiger partial charge in [0.15, 0.2) is 6.61 Å². The van der Waals surface area contributed by atoms with Gasteiger partial charge in [-0.15, -0.1) is 0 Å². The van der Waals surface area contributed by atoms with E-state index in [-0.39, 0.29) is 11.1 Å². The second-order valence-corrected chi connectivity index (χ2v) is 6.05. The number of esters is 1. The van der Waals surface area contributed by atoms with Crippen molar-refractivity contribution in [3.63, 3.8) is 0 Å². The number of imide groups is 1. The average Bonchev–Trinajstić information content (AvgIpc) is 2.96. The number of rotatable bonds is 5. The minimum Gasteiger partial charge on any atom is -0.454 e.